The van der Waals surface area contributed by atoms with E-state index in [0.717, 1.165) is 0 Å². The molecule has 0 aliphatic carbocycles. The number of carbonyl (C=O) groups is 3. The maximum Gasteiger partial charge on any atom is 0.336 e. The van der Waals surface area contributed by atoms with Gasteiger partial charge in [-0.3, -0.25) is 9.59 Å². The molecule has 6 nitrogen and oxygen atoms in total. The molecule has 146 valence electrons. The van der Waals surface area contributed by atoms with Crippen LogP contribution in [0, 0.1) is 0 Å². The van der Waals surface area contributed by atoms with Crippen LogP contribution in [0.1, 0.15) is 50.3 Å². The minimum Gasteiger partial charge on any atom is -0.478 e. The van der Waals surface area contributed by atoms with Crippen molar-refractivity contribution < 1.29 is 29.0 Å². The van der Waals surface area contributed by atoms with E-state index in [2.05, 4.69) is 0 Å². The van der Waals surface area contributed by atoms with E-state index < -0.39 is 17.9 Å². The van der Waals surface area contributed by atoms with Crippen molar-refractivity contribution in [3.8, 4) is 11.5 Å². The molecule has 0 fully saturated rings. The summed E-state index contributed by atoms with van der Waals surface area (Å²) >= 11 is 0. The number of rotatable bonds is 6. The van der Waals surface area contributed by atoms with Gasteiger partial charge in [-0.05, 0) is 35.3 Å². The topological polar surface area (TPSA) is 89.9 Å². The van der Waals surface area contributed by atoms with Crippen molar-refractivity contribution in [3.05, 3.63) is 59.2 Å². The summed E-state index contributed by atoms with van der Waals surface area (Å²) in [6.45, 7) is 6.21. The lowest BCUT2D eigenvalue weighted by Crippen LogP contribution is -2.11. The first kappa shape index (κ1) is 20.9. The molecule has 2 aromatic carbocycles. The predicted molar refractivity (Wildman–Crippen MR) is 105 cm³/mol. The Kier molecular flexibility index (Phi) is 6.71. The summed E-state index contributed by atoms with van der Waals surface area (Å²) in [7, 11) is 0. The maximum absolute atomic E-state index is 11.9. The number of ether oxygens (including phenoxy) is 2. The molecule has 0 spiro atoms. The van der Waals surface area contributed by atoms with E-state index in [9.17, 15) is 19.5 Å². The number of carboxylic acid groups (broad SMARTS) is 1. The predicted octanol–water partition coefficient (Wildman–Crippen LogP) is 4.29. The van der Waals surface area contributed by atoms with Gasteiger partial charge in [-0.2, -0.15) is 0 Å². The van der Waals surface area contributed by atoms with Crippen molar-refractivity contribution in [2.24, 2.45) is 0 Å². The van der Waals surface area contributed by atoms with Crippen molar-refractivity contribution >= 4 is 29.6 Å². The average molecular weight is 382 g/mol. The first-order valence-corrected chi connectivity index (χ1v) is 8.74. The molecule has 0 atom stereocenters. The largest absolute Gasteiger partial charge is 0.478 e. The van der Waals surface area contributed by atoms with Gasteiger partial charge < -0.3 is 14.6 Å². The number of aliphatic carboxylic acids is 1. The first-order chi connectivity index (χ1) is 13.2. The van der Waals surface area contributed by atoms with Gasteiger partial charge in [-0.1, -0.05) is 44.2 Å². The molecule has 0 heterocycles. The average Bonchev–Trinajstić information content (AvgIpc) is 2.58. The van der Waals surface area contributed by atoms with Gasteiger partial charge in [-0.25, -0.2) is 4.79 Å². The van der Waals surface area contributed by atoms with Crippen molar-refractivity contribution in [1.82, 2.24) is 0 Å². The summed E-state index contributed by atoms with van der Waals surface area (Å²) in [5.74, 6) is -2.09. The number of carbonyl (C=O) groups excluding carboxylic acids is 2. The molecule has 0 saturated carbocycles. The second-order valence-corrected chi connectivity index (χ2v) is 6.50. The lowest BCUT2D eigenvalue weighted by atomic mass is 9.95. The van der Waals surface area contributed by atoms with Gasteiger partial charge in [0.05, 0.1) is 5.57 Å². The molecule has 0 unspecified atom stereocenters. The Morgan fingerprint density at radius 1 is 0.929 bits per heavy atom. The van der Waals surface area contributed by atoms with Crippen molar-refractivity contribution in [3.63, 3.8) is 0 Å². The van der Waals surface area contributed by atoms with Gasteiger partial charge in [0, 0.05) is 19.4 Å². The van der Waals surface area contributed by atoms with Crippen LogP contribution < -0.4 is 9.47 Å². The lowest BCUT2D eigenvalue weighted by Gasteiger charge is -2.18. The molecule has 28 heavy (non-hydrogen) atoms. The van der Waals surface area contributed by atoms with E-state index in [1.807, 2.05) is 19.9 Å². The van der Waals surface area contributed by atoms with Crippen LogP contribution in [0.25, 0.3) is 11.6 Å². The summed E-state index contributed by atoms with van der Waals surface area (Å²) in [6.07, 6.45) is 1.50. The van der Waals surface area contributed by atoms with Crippen LogP contribution in [0.3, 0.4) is 0 Å². The third kappa shape index (κ3) is 5.30. The molecule has 0 amide bonds. The van der Waals surface area contributed by atoms with E-state index in [1.54, 1.807) is 24.3 Å². The van der Waals surface area contributed by atoms with Crippen LogP contribution in [0.2, 0.25) is 0 Å². The minimum atomic E-state index is -1.16. The number of hydrogen-bond donors (Lipinski definition) is 1. The Morgan fingerprint density at radius 3 is 1.82 bits per heavy atom. The van der Waals surface area contributed by atoms with Gasteiger partial charge in [0.15, 0.2) is 0 Å². The summed E-state index contributed by atoms with van der Waals surface area (Å²) in [5.41, 5.74) is 1.44. The fourth-order valence-corrected chi connectivity index (χ4v) is 2.79. The van der Waals surface area contributed by atoms with Gasteiger partial charge in [0.1, 0.15) is 11.5 Å². The summed E-state index contributed by atoms with van der Waals surface area (Å²) in [4.78, 5) is 35.0. The van der Waals surface area contributed by atoms with E-state index in [-0.39, 0.29) is 28.6 Å². The smallest absolute Gasteiger partial charge is 0.336 e. The van der Waals surface area contributed by atoms with Crippen LogP contribution in [0.15, 0.2) is 42.5 Å². The van der Waals surface area contributed by atoms with Crippen LogP contribution in [0.4, 0.5) is 0 Å². The molecule has 0 aromatic heterocycles. The number of hydrogen-bond acceptors (Lipinski definition) is 5. The molecule has 0 radical (unpaired) electrons. The second-order valence-electron chi connectivity index (χ2n) is 6.50. The summed E-state index contributed by atoms with van der Waals surface area (Å²) in [5, 5.41) is 9.73. The molecular formula is C22H22O6. The van der Waals surface area contributed by atoms with Crippen LogP contribution in [-0.2, 0) is 14.4 Å². The standard InChI is InChI=1S/C22H22O6/c1-13(2)21-19(27-14(3)23)11-17(12-20(21)28-15(4)24)18(22(25)26)10-16-8-6-5-7-9-16/h5-13H,1-4H3,(H,25,26). The third-order valence-electron chi connectivity index (χ3n) is 3.84. The Labute approximate surface area is 163 Å². The van der Waals surface area contributed by atoms with Crippen molar-refractivity contribution in [1.29, 1.82) is 0 Å². The van der Waals surface area contributed by atoms with E-state index in [4.69, 9.17) is 9.47 Å². The Hall–Kier alpha value is -3.41. The highest BCUT2D eigenvalue weighted by molar-refractivity contribution is 6.20. The molecule has 1 N–H and O–H groups in total. The Balaban J connectivity index is 2.73. The highest BCUT2D eigenvalue weighted by Crippen LogP contribution is 2.39. The number of carboxylic acids is 1. The highest BCUT2D eigenvalue weighted by atomic mass is 16.5. The minimum absolute atomic E-state index is 0.0247. The van der Waals surface area contributed by atoms with Crippen LogP contribution >= 0.6 is 0 Å². The molecule has 0 aliphatic rings. The zero-order valence-electron chi connectivity index (χ0n) is 16.2. The molecular weight excluding hydrogens is 360 g/mol. The quantitative estimate of drug-likeness (QED) is 0.347. The lowest BCUT2D eigenvalue weighted by molar-refractivity contribution is -0.132. The van der Waals surface area contributed by atoms with Crippen molar-refractivity contribution in [2.75, 3.05) is 0 Å². The fraction of sp³-hybridized carbons (Fsp3) is 0.227. The molecule has 0 saturated heterocycles. The number of benzene rings is 2. The monoisotopic (exact) mass is 382 g/mol. The summed E-state index contributed by atoms with van der Waals surface area (Å²) in [6, 6.07) is 11.9. The Bertz CT molecular complexity index is 888. The van der Waals surface area contributed by atoms with Gasteiger partial charge >= 0.3 is 17.9 Å². The van der Waals surface area contributed by atoms with Crippen molar-refractivity contribution in [2.45, 2.75) is 33.6 Å². The van der Waals surface area contributed by atoms with Gasteiger partial charge in [0.2, 0.25) is 0 Å². The van der Waals surface area contributed by atoms with E-state index in [0.29, 0.717) is 11.1 Å². The zero-order chi connectivity index (χ0) is 20.8. The molecule has 0 bridgehead atoms. The molecule has 2 aromatic rings. The normalized spacial score (nSPS) is 11.2. The van der Waals surface area contributed by atoms with Crippen LogP contribution in [0.5, 0.6) is 11.5 Å². The Morgan fingerprint density at radius 2 is 1.43 bits per heavy atom. The molecule has 6 heteroatoms. The van der Waals surface area contributed by atoms with Crippen LogP contribution in [-0.4, -0.2) is 23.0 Å². The van der Waals surface area contributed by atoms with E-state index >= 15 is 0 Å². The fourth-order valence-electron chi connectivity index (χ4n) is 2.79. The second kappa shape index (κ2) is 8.99. The SMILES string of the molecule is CC(=O)Oc1cc(C(=Cc2ccccc2)C(=O)O)cc(OC(C)=O)c1C(C)C. The van der Waals surface area contributed by atoms with Gasteiger partial charge in [0.25, 0.3) is 0 Å². The van der Waals surface area contributed by atoms with Gasteiger partial charge in [-0.15, -0.1) is 0 Å². The maximum atomic E-state index is 11.9. The summed E-state index contributed by atoms with van der Waals surface area (Å²) < 4.78 is 10.6. The third-order valence-corrected chi connectivity index (χ3v) is 3.84. The molecule has 2 rings (SSSR count). The highest BCUT2D eigenvalue weighted by Gasteiger charge is 2.22. The first-order valence-electron chi connectivity index (χ1n) is 8.74. The van der Waals surface area contributed by atoms with E-state index in [1.165, 1.54) is 32.1 Å². The molecule has 0 aliphatic heterocycles. The number of esters is 2. The zero-order valence-corrected chi connectivity index (χ0v) is 16.2.